The summed E-state index contributed by atoms with van der Waals surface area (Å²) in [5, 5.41) is 12.3. The smallest absolute Gasteiger partial charge is 0.335 e. The second-order valence-corrected chi connectivity index (χ2v) is 5.12. The third-order valence-corrected chi connectivity index (χ3v) is 3.75. The number of hydrogen-bond acceptors (Lipinski definition) is 4. The van der Waals surface area contributed by atoms with Crippen molar-refractivity contribution < 1.29 is 9.90 Å². The zero-order valence-electron chi connectivity index (χ0n) is 11.2. The van der Waals surface area contributed by atoms with Gasteiger partial charge in [-0.15, -0.1) is 0 Å². The average Bonchev–Trinajstić information content (AvgIpc) is 2.39. The average molecular weight is 263 g/mol. The molecule has 0 saturated carbocycles. The van der Waals surface area contributed by atoms with Crippen LogP contribution in [-0.4, -0.2) is 42.2 Å². The number of piperidine rings is 1. The molecular weight excluding hydrogens is 242 g/mol. The van der Waals surface area contributed by atoms with Crippen molar-refractivity contribution >= 4 is 17.3 Å². The van der Waals surface area contributed by atoms with Crippen molar-refractivity contribution in [2.45, 2.75) is 25.3 Å². The second-order valence-electron chi connectivity index (χ2n) is 5.12. The molecule has 1 fully saturated rings. The maximum absolute atomic E-state index is 10.9. The van der Waals surface area contributed by atoms with Crippen molar-refractivity contribution in [1.29, 1.82) is 0 Å². The largest absolute Gasteiger partial charge is 0.478 e. The Kier molecular flexibility index (Phi) is 4.27. The molecule has 0 radical (unpaired) electrons. The standard InChI is InChI=1S/C14H21N3O2/c1-17-7-3-2-4-11(17)9-16-13-8-10(14(18)19)5-6-12(13)15/h5-6,8,11,16H,2-4,7,9,15H2,1H3,(H,18,19). The molecule has 0 aromatic heterocycles. The molecule has 0 amide bonds. The van der Waals surface area contributed by atoms with E-state index in [1.165, 1.54) is 25.3 Å². The molecule has 2 rings (SSSR count). The van der Waals surface area contributed by atoms with Crippen LogP contribution in [0.3, 0.4) is 0 Å². The summed E-state index contributed by atoms with van der Waals surface area (Å²) in [6.07, 6.45) is 3.67. The number of rotatable bonds is 4. The van der Waals surface area contributed by atoms with Gasteiger partial charge in [-0.3, -0.25) is 0 Å². The molecule has 1 aromatic carbocycles. The number of benzene rings is 1. The molecule has 0 aliphatic carbocycles. The van der Waals surface area contributed by atoms with Gasteiger partial charge in [0, 0.05) is 12.6 Å². The Balaban J connectivity index is 2.02. The Bertz CT molecular complexity index is 462. The normalized spacial score (nSPS) is 20.2. The molecule has 5 heteroatoms. The van der Waals surface area contributed by atoms with Crippen LogP contribution in [-0.2, 0) is 0 Å². The van der Waals surface area contributed by atoms with Gasteiger partial charge in [0.15, 0.2) is 0 Å². The second kappa shape index (κ2) is 5.93. The van der Waals surface area contributed by atoms with Crippen molar-refractivity contribution in [3.63, 3.8) is 0 Å². The van der Waals surface area contributed by atoms with E-state index < -0.39 is 5.97 Å². The Morgan fingerprint density at radius 3 is 3.00 bits per heavy atom. The molecule has 104 valence electrons. The molecule has 19 heavy (non-hydrogen) atoms. The van der Waals surface area contributed by atoms with Crippen LogP contribution in [0.5, 0.6) is 0 Å². The molecule has 0 spiro atoms. The summed E-state index contributed by atoms with van der Waals surface area (Å²) in [5.74, 6) is -0.933. The fourth-order valence-electron chi connectivity index (χ4n) is 2.47. The van der Waals surface area contributed by atoms with Crippen LogP contribution >= 0.6 is 0 Å². The number of carbonyl (C=O) groups is 1. The van der Waals surface area contributed by atoms with Gasteiger partial charge in [0.05, 0.1) is 16.9 Å². The molecule has 4 N–H and O–H groups in total. The number of aromatic carboxylic acids is 1. The third kappa shape index (κ3) is 3.38. The lowest BCUT2D eigenvalue weighted by Crippen LogP contribution is -2.40. The summed E-state index contributed by atoms with van der Waals surface area (Å²) in [5.41, 5.74) is 7.42. The Hall–Kier alpha value is -1.75. The minimum Gasteiger partial charge on any atom is -0.478 e. The van der Waals surface area contributed by atoms with Crippen LogP contribution in [0.1, 0.15) is 29.6 Å². The Morgan fingerprint density at radius 1 is 1.53 bits per heavy atom. The number of nitrogens with zero attached hydrogens (tertiary/aromatic N) is 1. The fourth-order valence-corrected chi connectivity index (χ4v) is 2.47. The molecule has 1 saturated heterocycles. The lowest BCUT2D eigenvalue weighted by atomic mass is 10.0. The fraction of sp³-hybridized carbons (Fsp3) is 0.500. The highest BCUT2D eigenvalue weighted by Crippen LogP contribution is 2.22. The number of nitrogen functional groups attached to an aromatic ring is 1. The minimum atomic E-state index is -0.933. The van der Waals surface area contributed by atoms with Gasteiger partial charge in [0.1, 0.15) is 0 Å². The SMILES string of the molecule is CN1CCCCC1CNc1cc(C(=O)O)ccc1N. The number of likely N-dealkylation sites (N-methyl/N-ethyl adjacent to an activating group) is 1. The van der Waals surface area contributed by atoms with Crippen molar-refractivity contribution in [2.24, 2.45) is 0 Å². The van der Waals surface area contributed by atoms with Crippen LogP contribution in [0.15, 0.2) is 18.2 Å². The molecular formula is C14H21N3O2. The molecule has 1 aromatic rings. The molecule has 1 aliphatic rings. The van der Waals surface area contributed by atoms with Gasteiger partial charge in [-0.2, -0.15) is 0 Å². The predicted molar refractivity (Wildman–Crippen MR) is 76.6 cm³/mol. The van der Waals surface area contributed by atoms with Crippen LogP contribution < -0.4 is 11.1 Å². The maximum Gasteiger partial charge on any atom is 0.335 e. The zero-order valence-corrected chi connectivity index (χ0v) is 11.2. The van der Waals surface area contributed by atoms with Crippen LogP contribution in [0, 0.1) is 0 Å². The molecule has 1 aliphatic heterocycles. The van der Waals surface area contributed by atoms with E-state index in [0.717, 1.165) is 13.1 Å². The summed E-state index contributed by atoms with van der Waals surface area (Å²) in [4.78, 5) is 13.3. The van der Waals surface area contributed by atoms with Crippen molar-refractivity contribution in [3.8, 4) is 0 Å². The summed E-state index contributed by atoms with van der Waals surface area (Å²) in [6, 6.07) is 5.24. The summed E-state index contributed by atoms with van der Waals surface area (Å²) < 4.78 is 0. The van der Waals surface area contributed by atoms with E-state index in [4.69, 9.17) is 10.8 Å². The first-order valence-corrected chi connectivity index (χ1v) is 6.65. The number of nitrogens with one attached hydrogen (secondary N) is 1. The monoisotopic (exact) mass is 263 g/mol. The summed E-state index contributed by atoms with van der Waals surface area (Å²) >= 11 is 0. The van der Waals surface area contributed by atoms with Gasteiger partial charge < -0.3 is 21.1 Å². The van der Waals surface area contributed by atoms with Gasteiger partial charge in [-0.25, -0.2) is 4.79 Å². The van der Waals surface area contributed by atoms with Crippen LogP contribution in [0.2, 0.25) is 0 Å². The highest BCUT2D eigenvalue weighted by molar-refractivity contribution is 5.90. The van der Waals surface area contributed by atoms with Crippen LogP contribution in [0.4, 0.5) is 11.4 Å². The van der Waals surface area contributed by atoms with Crippen molar-refractivity contribution in [2.75, 3.05) is 31.2 Å². The van der Waals surface area contributed by atoms with E-state index in [1.54, 1.807) is 12.1 Å². The highest BCUT2D eigenvalue weighted by atomic mass is 16.4. The van der Waals surface area contributed by atoms with E-state index in [0.29, 0.717) is 17.4 Å². The number of nitrogens with two attached hydrogens (primary N) is 1. The van der Waals surface area contributed by atoms with E-state index in [9.17, 15) is 4.79 Å². The quantitative estimate of drug-likeness (QED) is 0.723. The molecule has 0 bridgehead atoms. The molecule has 5 nitrogen and oxygen atoms in total. The van der Waals surface area contributed by atoms with E-state index in [2.05, 4.69) is 17.3 Å². The summed E-state index contributed by atoms with van der Waals surface area (Å²) in [7, 11) is 2.13. The first-order chi connectivity index (χ1) is 9.08. The van der Waals surface area contributed by atoms with Gasteiger partial charge in [0.25, 0.3) is 0 Å². The van der Waals surface area contributed by atoms with Gasteiger partial charge in [-0.1, -0.05) is 6.42 Å². The van der Waals surface area contributed by atoms with E-state index >= 15 is 0 Å². The molecule has 1 unspecified atom stereocenters. The summed E-state index contributed by atoms with van der Waals surface area (Å²) in [6.45, 7) is 1.92. The van der Waals surface area contributed by atoms with E-state index in [1.807, 2.05) is 0 Å². The number of carboxylic acid groups (broad SMARTS) is 1. The van der Waals surface area contributed by atoms with Gasteiger partial charge in [-0.05, 0) is 44.6 Å². The zero-order chi connectivity index (χ0) is 13.8. The number of likely N-dealkylation sites (tertiary alicyclic amines) is 1. The topological polar surface area (TPSA) is 78.6 Å². The maximum atomic E-state index is 10.9. The van der Waals surface area contributed by atoms with Gasteiger partial charge >= 0.3 is 5.97 Å². The third-order valence-electron chi connectivity index (χ3n) is 3.75. The number of carboxylic acids is 1. The van der Waals surface area contributed by atoms with Crippen molar-refractivity contribution in [1.82, 2.24) is 4.90 Å². The van der Waals surface area contributed by atoms with Gasteiger partial charge in [0.2, 0.25) is 0 Å². The van der Waals surface area contributed by atoms with Crippen molar-refractivity contribution in [3.05, 3.63) is 23.8 Å². The van der Waals surface area contributed by atoms with Crippen LogP contribution in [0.25, 0.3) is 0 Å². The lowest BCUT2D eigenvalue weighted by molar-refractivity contribution is 0.0697. The Morgan fingerprint density at radius 2 is 2.32 bits per heavy atom. The lowest BCUT2D eigenvalue weighted by Gasteiger charge is -2.32. The first-order valence-electron chi connectivity index (χ1n) is 6.65. The first kappa shape index (κ1) is 13.7. The Labute approximate surface area is 113 Å². The van der Waals surface area contributed by atoms with E-state index in [-0.39, 0.29) is 5.56 Å². The minimum absolute atomic E-state index is 0.258. The highest BCUT2D eigenvalue weighted by Gasteiger charge is 2.18. The number of anilines is 2. The predicted octanol–water partition coefficient (Wildman–Crippen LogP) is 1.86. The molecule has 1 heterocycles. The molecule has 1 atom stereocenters. The number of hydrogen-bond donors (Lipinski definition) is 3.